The van der Waals surface area contributed by atoms with Crippen LogP contribution in [0.1, 0.15) is 68.2 Å². The third-order valence-electron chi connectivity index (χ3n) is 20.1. The molecule has 0 N–H and O–H groups in total. The summed E-state index contributed by atoms with van der Waals surface area (Å²) in [4.78, 5) is 14.5. The topological polar surface area (TPSA) is 25.9 Å². The van der Waals surface area contributed by atoms with Gasteiger partial charge in [0.25, 0.3) is 0 Å². The predicted molar refractivity (Wildman–Crippen MR) is 399 cm³/mol. The number of allylic oxidation sites excluding steroid dienone is 4. The summed E-state index contributed by atoms with van der Waals surface area (Å²) < 4.78 is 0. The Hall–Kier alpha value is -10.1. The smallest absolute Gasteiger partial charge is 0.0166 e. The summed E-state index contributed by atoms with van der Waals surface area (Å²) in [6.07, 6.45) is 4.01. The molecule has 1 aromatic heterocycles. The van der Waals surface area contributed by atoms with Crippen LogP contribution >= 0.6 is 0 Å². The zero-order chi connectivity index (χ0) is 65.5. The minimum absolute atomic E-state index is 0. The van der Waals surface area contributed by atoms with Crippen LogP contribution in [0.4, 0.5) is 22.7 Å². The van der Waals surface area contributed by atoms with Gasteiger partial charge in [0.15, 0.2) is 0 Å². The van der Waals surface area contributed by atoms with Crippen LogP contribution in [0.5, 0.6) is 0 Å². The number of hydrogen-bond acceptors (Lipinski definition) is 5. The number of aromatic nitrogens is 1. The second-order valence-corrected chi connectivity index (χ2v) is 28.9. The molecule has 12 aromatic rings. The van der Waals surface area contributed by atoms with Crippen molar-refractivity contribution in [3.05, 3.63) is 334 Å². The van der Waals surface area contributed by atoms with Gasteiger partial charge >= 0.3 is 0 Å². The molecule has 4 aliphatic rings. The molecule has 97 heavy (non-hydrogen) atoms. The number of benzene rings is 11. The molecule has 0 spiro atoms. The Kier molecular flexibility index (Phi) is 16.1. The Labute approximate surface area is 587 Å². The van der Waals surface area contributed by atoms with Gasteiger partial charge in [-0.15, -0.1) is 77.8 Å². The van der Waals surface area contributed by atoms with Crippen molar-refractivity contribution in [1.82, 2.24) is 4.98 Å². The van der Waals surface area contributed by atoms with E-state index in [9.17, 15) is 0 Å². The first-order valence-electron chi connectivity index (χ1n) is 33.6. The van der Waals surface area contributed by atoms with Crippen molar-refractivity contribution in [1.29, 1.82) is 0 Å². The van der Waals surface area contributed by atoms with Crippen LogP contribution < -0.4 is 19.6 Å². The number of para-hydroxylation sites is 2. The van der Waals surface area contributed by atoms with Gasteiger partial charge in [-0.1, -0.05) is 248 Å². The first-order chi connectivity index (χ1) is 46.5. The van der Waals surface area contributed by atoms with E-state index in [0.29, 0.717) is 0 Å². The van der Waals surface area contributed by atoms with Gasteiger partial charge in [0.2, 0.25) is 0 Å². The average Bonchev–Trinajstić information content (AvgIpc) is 1.56. The molecule has 0 amide bonds. The molecule has 11 aromatic carbocycles. The standard InChI is InChI=1S/C91H76N5.Ir/c1-88(2)58-90(5,6)86-84(88)93(73-26-14-10-15-27-73)60-95(86)75-48-44-66(45-49-75)78-31-19-22-34-81(78)71-54-70(80-33-21-18-30-77(80)65-40-42-68(43-41-65)83-57-69(52-53-92-83)64-38-36-63(37-39-64)62-24-12-9-13-25-62)55-72(56-71)82-35-23-20-32-79(82)67-46-50-76(51-47-67)96-61-94(74-28-16-11-17-29-74)85-87(96)91(7,8)59-89(85,3)4;/h9-42,44-48,50,52-57,60-61H,58-59H2,1-8H3;/q-5;. The fourth-order valence-corrected chi connectivity index (χ4v) is 16.5. The number of pyridine rings is 1. The van der Waals surface area contributed by atoms with Crippen molar-refractivity contribution < 1.29 is 20.1 Å². The third-order valence-corrected chi connectivity index (χ3v) is 20.1. The fraction of sp³-hybridized carbons (Fsp3) is 0.154. The molecule has 1 radical (unpaired) electrons. The van der Waals surface area contributed by atoms with E-state index < -0.39 is 0 Å². The summed E-state index contributed by atoms with van der Waals surface area (Å²) in [6.45, 7) is 23.7. The molecule has 0 bridgehead atoms. The Bertz CT molecular complexity index is 4760. The molecule has 0 saturated carbocycles. The number of nitrogens with zero attached hydrogens (tertiary/aromatic N) is 5. The SMILES string of the molecule is CC1(C)CC(C)(C)C2=C1N(c1[c-]cc(-c3ccccc3-c3cc(-c4ccccc4-c4c[c-]c(-c5cc(-c6ccc(-c7ccccc7)cc6)ccn5)cc4)cc(-c4ccccc4-c4c[c-]c(N5[CH-]N(c6ccccc6)C6=C5C(C)(C)CC6(C)C)cc4)c3)cc1)[CH-]N2c1ccccc1.[Ir]. The van der Waals surface area contributed by atoms with Gasteiger partial charge in [-0.3, -0.25) is 0 Å². The summed E-state index contributed by atoms with van der Waals surface area (Å²) in [6, 6.07) is 110. The summed E-state index contributed by atoms with van der Waals surface area (Å²) in [5.74, 6) is 0. The Morgan fingerprint density at radius 1 is 0.299 bits per heavy atom. The third kappa shape index (κ3) is 11.5. The average molecular weight is 1430 g/mol. The molecule has 0 fully saturated rings. The zero-order valence-corrected chi connectivity index (χ0v) is 58.6. The minimum atomic E-state index is -0.0481. The van der Waals surface area contributed by atoms with E-state index in [-0.39, 0.29) is 41.8 Å². The maximum Gasteiger partial charge on any atom is 0.0166 e. The van der Waals surface area contributed by atoms with Gasteiger partial charge in [-0.2, -0.15) is 36.4 Å². The Morgan fingerprint density at radius 2 is 0.619 bits per heavy atom. The first kappa shape index (κ1) is 63.0. The van der Waals surface area contributed by atoms with E-state index >= 15 is 0 Å². The van der Waals surface area contributed by atoms with E-state index in [2.05, 4.69) is 380 Å². The van der Waals surface area contributed by atoms with E-state index in [1.165, 1.54) is 45.3 Å². The number of anilines is 4. The molecule has 479 valence electrons. The van der Waals surface area contributed by atoms with Gasteiger partial charge in [-0.25, -0.2) is 0 Å². The summed E-state index contributed by atoms with van der Waals surface area (Å²) in [5, 5.41) is 0. The van der Waals surface area contributed by atoms with Crippen LogP contribution in [-0.4, -0.2) is 4.98 Å². The van der Waals surface area contributed by atoms with Crippen molar-refractivity contribution in [2.75, 3.05) is 19.6 Å². The van der Waals surface area contributed by atoms with Gasteiger partial charge in [0.1, 0.15) is 0 Å². The van der Waals surface area contributed by atoms with Gasteiger partial charge < -0.3 is 24.6 Å². The largest absolute Gasteiger partial charge is 0.497 e. The van der Waals surface area contributed by atoms with Gasteiger partial charge in [0.05, 0.1) is 0 Å². The maximum absolute atomic E-state index is 4.87. The van der Waals surface area contributed by atoms with Crippen molar-refractivity contribution in [3.63, 3.8) is 0 Å². The van der Waals surface area contributed by atoms with Crippen LogP contribution in [-0.2, 0) is 20.1 Å². The Balaban J connectivity index is 0.00000770. The maximum atomic E-state index is 4.87. The summed E-state index contributed by atoms with van der Waals surface area (Å²) in [7, 11) is 0. The molecule has 0 atom stereocenters. The molecular formula is C91H76IrN5-5. The van der Waals surface area contributed by atoms with Crippen LogP contribution in [0.3, 0.4) is 0 Å². The van der Waals surface area contributed by atoms with Crippen molar-refractivity contribution in [3.8, 4) is 100 Å². The van der Waals surface area contributed by atoms with Crippen LogP contribution in [0.25, 0.3) is 100 Å². The second kappa shape index (κ2) is 24.8. The van der Waals surface area contributed by atoms with Gasteiger partial charge in [0, 0.05) is 82.1 Å². The molecule has 16 rings (SSSR count). The van der Waals surface area contributed by atoms with E-state index in [0.717, 1.165) is 113 Å². The second-order valence-electron chi connectivity index (χ2n) is 28.9. The zero-order valence-electron chi connectivity index (χ0n) is 56.2. The van der Waals surface area contributed by atoms with E-state index in [1.54, 1.807) is 0 Å². The fourth-order valence-electron chi connectivity index (χ4n) is 16.5. The normalized spacial score (nSPS) is 16.4. The molecule has 6 heteroatoms. The van der Waals surface area contributed by atoms with E-state index in [1.807, 2.05) is 6.20 Å². The number of rotatable bonds is 13. The van der Waals surface area contributed by atoms with Crippen molar-refractivity contribution >= 4 is 22.7 Å². The van der Waals surface area contributed by atoms with Crippen LogP contribution in [0.2, 0.25) is 0 Å². The summed E-state index contributed by atoms with van der Waals surface area (Å²) in [5.41, 5.74) is 29.5. The molecule has 5 nitrogen and oxygen atoms in total. The van der Waals surface area contributed by atoms with Crippen LogP contribution in [0, 0.1) is 53.2 Å². The van der Waals surface area contributed by atoms with Crippen molar-refractivity contribution in [2.45, 2.75) is 68.2 Å². The molecule has 2 aliphatic heterocycles. The molecular weight excluding hydrogens is 1360 g/mol. The molecule has 2 aliphatic carbocycles. The minimum Gasteiger partial charge on any atom is -0.497 e. The molecule has 0 saturated heterocycles. The summed E-state index contributed by atoms with van der Waals surface area (Å²) >= 11 is 0. The quantitative estimate of drug-likeness (QED) is 0.107. The van der Waals surface area contributed by atoms with E-state index in [4.69, 9.17) is 4.98 Å². The number of hydrogen-bond donors (Lipinski definition) is 0. The van der Waals surface area contributed by atoms with Gasteiger partial charge in [-0.05, 0) is 123 Å². The Morgan fingerprint density at radius 3 is 0.990 bits per heavy atom. The monoisotopic (exact) mass is 1430 g/mol. The van der Waals surface area contributed by atoms with Crippen LogP contribution in [0.15, 0.2) is 302 Å². The molecule has 3 heterocycles. The predicted octanol–water partition coefficient (Wildman–Crippen LogP) is 23.7. The van der Waals surface area contributed by atoms with Crippen molar-refractivity contribution in [2.24, 2.45) is 21.7 Å². The molecule has 0 unspecified atom stereocenters. The first-order valence-corrected chi connectivity index (χ1v) is 33.6.